The van der Waals surface area contributed by atoms with E-state index in [-0.39, 0.29) is 18.3 Å². The summed E-state index contributed by atoms with van der Waals surface area (Å²) in [6.07, 6.45) is 3.75. The molecule has 2 aliphatic rings. The van der Waals surface area contributed by atoms with Gasteiger partial charge in [-0.15, -0.1) is 0 Å². The van der Waals surface area contributed by atoms with Gasteiger partial charge >= 0.3 is 0 Å². The number of hydrogen-bond donors (Lipinski definition) is 0. The first-order valence-corrected chi connectivity index (χ1v) is 13.4. The van der Waals surface area contributed by atoms with Crippen LogP contribution in [-0.2, 0) is 16.1 Å². The molecule has 2 aliphatic heterocycles. The maximum Gasteiger partial charge on any atom is 0.286 e. The molecular formula is C30H25FN4O3S. The molecule has 6 rings (SSSR count). The molecule has 0 atom stereocenters. The lowest BCUT2D eigenvalue weighted by atomic mass is 10.1. The minimum Gasteiger partial charge on any atom is -0.489 e. The zero-order valence-electron chi connectivity index (χ0n) is 21.0. The summed E-state index contributed by atoms with van der Waals surface area (Å²) in [6.45, 7) is 2.77. The predicted molar refractivity (Wildman–Crippen MR) is 150 cm³/mol. The summed E-state index contributed by atoms with van der Waals surface area (Å²) in [5.41, 5.74) is 3.66. The number of aliphatic imine (C=N–C) groups is 1. The van der Waals surface area contributed by atoms with E-state index < -0.39 is 0 Å². The standard InChI is InChI=1S/C30H25FN4O3S/c31-26-12-5-4-7-22(26)20-38-25-11-6-8-21(17-25)28-23(19-35(33-28)24-9-2-1-3-10-24)18-27-29(36)32-30(39-27)34-13-15-37-16-14-34/h1-12,17-19H,13-16,20H2. The van der Waals surface area contributed by atoms with Gasteiger partial charge in [0.1, 0.15) is 23.9 Å². The average Bonchev–Trinajstić information content (AvgIpc) is 3.57. The van der Waals surface area contributed by atoms with Crippen LogP contribution in [0.3, 0.4) is 0 Å². The maximum absolute atomic E-state index is 14.1. The molecule has 1 fully saturated rings. The van der Waals surface area contributed by atoms with Crippen LogP contribution in [0.1, 0.15) is 11.1 Å². The zero-order valence-corrected chi connectivity index (χ0v) is 21.8. The van der Waals surface area contributed by atoms with Crippen molar-refractivity contribution in [1.29, 1.82) is 0 Å². The summed E-state index contributed by atoms with van der Waals surface area (Å²) in [5.74, 6) is 0.0244. The number of rotatable bonds is 6. The highest BCUT2D eigenvalue weighted by Crippen LogP contribution is 2.34. The van der Waals surface area contributed by atoms with Gasteiger partial charge in [-0.2, -0.15) is 10.1 Å². The molecular weight excluding hydrogens is 515 g/mol. The topological polar surface area (TPSA) is 69.0 Å². The van der Waals surface area contributed by atoms with Gasteiger partial charge in [-0.05, 0) is 48.2 Å². The number of carbonyl (C=O) groups is 1. The van der Waals surface area contributed by atoms with Crippen molar-refractivity contribution in [3.63, 3.8) is 0 Å². The molecule has 0 bridgehead atoms. The predicted octanol–water partition coefficient (Wildman–Crippen LogP) is 5.56. The Hall–Kier alpha value is -4.21. The van der Waals surface area contributed by atoms with Crippen LogP contribution in [0.25, 0.3) is 23.0 Å². The number of hydrogen-bond acceptors (Lipinski definition) is 6. The van der Waals surface area contributed by atoms with E-state index in [0.29, 0.717) is 53.4 Å². The number of thioether (sulfide) groups is 1. The molecule has 0 spiro atoms. The summed E-state index contributed by atoms with van der Waals surface area (Å²) in [7, 11) is 0. The molecule has 1 amide bonds. The molecule has 0 radical (unpaired) electrons. The lowest BCUT2D eigenvalue weighted by Crippen LogP contribution is -2.38. The van der Waals surface area contributed by atoms with Crippen molar-refractivity contribution in [2.75, 3.05) is 26.3 Å². The van der Waals surface area contributed by atoms with Gasteiger partial charge < -0.3 is 14.4 Å². The SMILES string of the molecule is O=C1N=C(N2CCOCC2)SC1=Cc1cn(-c2ccccc2)nc1-c1cccc(OCc2ccccc2F)c1. The number of halogens is 1. The normalized spacial score (nSPS) is 16.5. The third-order valence-corrected chi connectivity index (χ3v) is 7.44. The number of nitrogens with zero attached hydrogens (tertiary/aromatic N) is 4. The summed E-state index contributed by atoms with van der Waals surface area (Å²) in [6, 6.07) is 23.9. The maximum atomic E-state index is 14.1. The van der Waals surface area contributed by atoms with Crippen molar-refractivity contribution in [3.8, 4) is 22.7 Å². The van der Waals surface area contributed by atoms with Gasteiger partial charge in [0.05, 0.1) is 23.8 Å². The Morgan fingerprint density at radius 2 is 1.79 bits per heavy atom. The fourth-order valence-electron chi connectivity index (χ4n) is 4.37. The lowest BCUT2D eigenvalue weighted by Gasteiger charge is -2.27. The van der Waals surface area contributed by atoms with Crippen molar-refractivity contribution in [1.82, 2.24) is 14.7 Å². The van der Waals surface area contributed by atoms with Crippen LogP contribution in [0.4, 0.5) is 4.39 Å². The second-order valence-electron chi connectivity index (χ2n) is 9.03. The van der Waals surface area contributed by atoms with E-state index in [1.54, 1.807) is 22.9 Å². The molecule has 0 saturated carbocycles. The smallest absolute Gasteiger partial charge is 0.286 e. The number of aromatic nitrogens is 2. The highest BCUT2D eigenvalue weighted by molar-refractivity contribution is 8.18. The number of carbonyl (C=O) groups excluding carboxylic acids is 1. The van der Waals surface area contributed by atoms with E-state index in [9.17, 15) is 9.18 Å². The first-order valence-electron chi connectivity index (χ1n) is 12.6. The number of amidine groups is 1. The van der Waals surface area contributed by atoms with Crippen molar-refractivity contribution >= 4 is 28.9 Å². The van der Waals surface area contributed by atoms with Crippen LogP contribution in [0.5, 0.6) is 5.75 Å². The van der Waals surface area contributed by atoms with Crippen LogP contribution >= 0.6 is 11.8 Å². The Morgan fingerprint density at radius 3 is 2.62 bits per heavy atom. The third-order valence-electron chi connectivity index (χ3n) is 6.40. The first kappa shape index (κ1) is 25.1. The fourth-order valence-corrected chi connectivity index (χ4v) is 5.32. The molecule has 0 aliphatic carbocycles. The minimum absolute atomic E-state index is 0.109. The highest BCUT2D eigenvalue weighted by Gasteiger charge is 2.28. The van der Waals surface area contributed by atoms with Crippen molar-refractivity contribution < 1.29 is 18.7 Å². The van der Waals surface area contributed by atoms with E-state index in [1.165, 1.54) is 17.8 Å². The second-order valence-corrected chi connectivity index (χ2v) is 10.0. The van der Waals surface area contributed by atoms with Gasteiger partial charge in [-0.3, -0.25) is 4.79 Å². The van der Waals surface area contributed by atoms with Gasteiger partial charge in [-0.1, -0.05) is 48.5 Å². The van der Waals surface area contributed by atoms with Crippen LogP contribution in [0, 0.1) is 5.82 Å². The zero-order chi connectivity index (χ0) is 26.6. The van der Waals surface area contributed by atoms with E-state index in [4.69, 9.17) is 14.6 Å². The third kappa shape index (κ3) is 5.64. The van der Waals surface area contributed by atoms with Crippen LogP contribution in [0.15, 0.2) is 95.0 Å². The van der Waals surface area contributed by atoms with E-state index in [2.05, 4.69) is 9.89 Å². The number of para-hydroxylation sites is 1. The first-order chi connectivity index (χ1) is 19.1. The molecule has 196 valence electrons. The highest BCUT2D eigenvalue weighted by atomic mass is 32.2. The van der Waals surface area contributed by atoms with E-state index >= 15 is 0 Å². The van der Waals surface area contributed by atoms with Crippen LogP contribution < -0.4 is 4.74 Å². The van der Waals surface area contributed by atoms with E-state index in [0.717, 1.165) is 16.8 Å². The molecule has 0 unspecified atom stereocenters. The minimum atomic E-state index is -0.304. The summed E-state index contributed by atoms with van der Waals surface area (Å²) < 4.78 is 27.2. The molecule has 4 aromatic rings. The van der Waals surface area contributed by atoms with Gasteiger partial charge in [0.25, 0.3) is 5.91 Å². The molecule has 7 nitrogen and oxygen atoms in total. The average molecular weight is 541 g/mol. The van der Waals surface area contributed by atoms with Crippen LogP contribution in [-0.4, -0.2) is 52.1 Å². The lowest BCUT2D eigenvalue weighted by molar-refractivity contribution is -0.113. The fraction of sp³-hybridized carbons (Fsp3) is 0.167. The molecule has 3 heterocycles. The van der Waals surface area contributed by atoms with Gasteiger partial charge in [0, 0.05) is 36.0 Å². The summed E-state index contributed by atoms with van der Waals surface area (Å²) in [5, 5.41) is 5.58. The molecule has 1 saturated heterocycles. The Balaban J connectivity index is 1.31. The molecule has 9 heteroatoms. The van der Waals surface area contributed by atoms with Gasteiger partial charge in [0.2, 0.25) is 0 Å². The van der Waals surface area contributed by atoms with Crippen molar-refractivity contribution in [2.45, 2.75) is 6.61 Å². The Kier molecular flexibility index (Phi) is 7.25. The van der Waals surface area contributed by atoms with Crippen molar-refractivity contribution in [3.05, 3.63) is 107 Å². The van der Waals surface area contributed by atoms with Crippen molar-refractivity contribution in [2.24, 2.45) is 4.99 Å². The number of benzene rings is 3. The number of ether oxygens (including phenoxy) is 2. The summed E-state index contributed by atoms with van der Waals surface area (Å²) >= 11 is 1.37. The molecule has 3 aromatic carbocycles. The summed E-state index contributed by atoms with van der Waals surface area (Å²) in [4.78, 5) is 19.8. The Morgan fingerprint density at radius 1 is 1.00 bits per heavy atom. The molecule has 39 heavy (non-hydrogen) atoms. The molecule has 0 N–H and O–H groups in total. The largest absolute Gasteiger partial charge is 0.489 e. The number of morpholine rings is 1. The van der Waals surface area contributed by atoms with E-state index in [1.807, 2.05) is 66.9 Å². The number of amides is 1. The second kappa shape index (κ2) is 11.3. The monoisotopic (exact) mass is 540 g/mol. The van der Waals surface area contributed by atoms with Gasteiger partial charge in [-0.25, -0.2) is 9.07 Å². The quantitative estimate of drug-likeness (QED) is 0.298. The van der Waals surface area contributed by atoms with Crippen LogP contribution in [0.2, 0.25) is 0 Å². The molecule has 1 aromatic heterocycles. The van der Waals surface area contributed by atoms with Gasteiger partial charge in [0.15, 0.2) is 5.17 Å². The Bertz CT molecular complexity index is 1560. The Labute approximate surface area is 229 Å².